The number of benzene rings is 24. The smallest absolute Gasteiger partial charge is 0.143 e. The first kappa shape index (κ1) is 81.0. The minimum atomic E-state index is -0.201. The van der Waals surface area contributed by atoms with Crippen molar-refractivity contribution in [1.82, 2.24) is 0 Å². The van der Waals surface area contributed by atoms with Gasteiger partial charge in [0.1, 0.15) is 44.7 Å². The second kappa shape index (κ2) is 32.4. The van der Waals surface area contributed by atoms with Crippen molar-refractivity contribution in [2.75, 3.05) is 9.80 Å². The molecule has 6 nitrogen and oxygen atoms in total. The average molecular weight is 1800 g/mol. The normalized spacial score (nSPS) is 12.4. The van der Waals surface area contributed by atoms with E-state index in [0.717, 1.165) is 172 Å². The lowest BCUT2D eigenvalue weighted by atomic mass is 9.81. The maximum Gasteiger partial charge on any atom is 0.143 e. The average Bonchev–Trinajstić information content (AvgIpc) is 1.56. The molecule has 0 fully saturated rings. The van der Waals surface area contributed by atoms with Gasteiger partial charge in [-0.25, -0.2) is 0 Å². The quantitative estimate of drug-likeness (QED) is 0.115. The molecule has 0 atom stereocenters. The van der Waals surface area contributed by atoms with Crippen LogP contribution in [0.1, 0.15) is 25.0 Å². The molecule has 141 heavy (non-hydrogen) atoms. The van der Waals surface area contributed by atoms with E-state index in [-0.39, 0.29) is 5.41 Å². The number of hydrogen-bond acceptors (Lipinski definition) is 6. The Kier molecular flexibility index (Phi) is 18.6. The lowest BCUT2D eigenvalue weighted by Crippen LogP contribution is -2.16. The molecule has 4 aromatic heterocycles. The molecule has 6 heteroatoms. The third-order valence-electron chi connectivity index (χ3n) is 29.7. The van der Waals surface area contributed by atoms with E-state index in [9.17, 15) is 0 Å². The Morgan fingerprint density at radius 3 is 0.801 bits per heavy atom. The molecule has 0 aliphatic heterocycles. The van der Waals surface area contributed by atoms with Gasteiger partial charge >= 0.3 is 0 Å². The van der Waals surface area contributed by atoms with Gasteiger partial charge in [0.25, 0.3) is 0 Å². The number of nitrogens with zero attached hydrogens (tertiary/aromatic N) is 2. The topological polar surface area (TPSA) is 59.0 Å². The van der Waals surface area contributed by atoms with Crippen LogP contribution in [0.3, 0.4) is 0 Å². The Labute approximate surface area is 813 Å². The molecule has 660 valence electrons. The van der Waals surface area contributed by atoms with Crippen LogP contribution in [0.5, 0.6) is 0 Å². The van der Waals surface area contributed by atoms with Gasteiger partial charge < -0.3 is 27.5 Å². The SMILES string of the molecule is CC1(C)c2cc(-c3ccccc3)ccc2-c2ccc(N(c3ccc(-c4ccc5oc6ccc7ccccc7c6c5c4)cc3)c3ccc(-c4ccc5oc6ccc7ccccc7c6c5c4)cc3)cc21.c1ccc(-c2ccc(-c3ccc(N(c4ccc(-c5cc6ccccc6c6c5oc5ccc7ccccc7c56)cc4)c4ccc(-c5cc6ccccc6c6c5oc5ccc7ccccc7c56)cc4)cc3)cc2)cc1. The Morgan fingerprint density at radius 1 is 0.156 bits per heavy atom. The first-order chi connectivity index (χ1) is 69.6. The fourth-order valence-electron chi connectivity index (χ4n) is 22.7. The van der Waals surface area contributed by atoms with E-state index >= 15 is 0 Å². The zero-order valence-corrected chi connectivity index (χ0v) is 77.2. The largest absolute Gasteiger partial charge is 0.456 e. The fourth-order valence-corrected chi connectivity index (χ4v) is 22.7. The Balaban J connectivity index is 0.000000138. The van der Waals surface area contributed by atoms with E-state index in [2.05, 4.69) is 509 Å². The summed E-state index contributed by atoms with van der Waals surface area (Å²) < 4.78 is 26.5. The van der Waals surface area contributed by atoms with Crippen molar-refractivity contribution in [1.29, 1.82) is 0 Å². The van der Waals surface area contributed by atoms with Crippen molar-refractivity contribution >= 4 is 187 Å². The van der Waals surface area contributed by atoms with Crippen LogP contribution in [-0.2, 0) is 5.41 Å². The highest BCUT2D eigenvalue weighted by Gasteiger charge is 2.37. The Bertz CT molecular complexity index is 9490. The Hall–Kier alpha value is -18.4. The molecular weight excluding hydrogens is 1710 g/mol. The molecule has 0 saturated heterocycles. The van der Waals surface area contributed by atoms with E-state index in [4.69, 9.17) is 17.7 Å². The molecule has 4 heterocycles. The summed E-state index contributed by atoms with van der Waals surface area (Å²) in [5.74, 6) is 0. The second-order valence-electron chi connectivity index (χ2n) is 38.0. The van der Waals surface area contributed by atoms with Gasteiger partial charge in [-0.15, -0.1) is 0 Å². The van der Waals surface area contributed by atoms with Crippen molar-refractivity contribution in [3.05, 3.63) is 496 Å². The molecule has 24 aromatic carbocycles. The van der Waals surface area contributed by atoms with Crippen molar-refractivity contribution < 1.29 is 17.7 Å². The highest BCUT2D eigenvalue weighted by Crippen LogP contribution is 2.54. The fraction of sp³-hybridized carbons (Fsp3) is 0.0222. The van der Waals surface area contributed by atoms with Gasteiger partial charge in [0.2, 0.25) is 0 Å². The summed E-state index contributed by atoms with van der Waals surface area (Å²) in [5, 5.41) is 23.6. The summed E-state index contributed by atoms with van der Waals surface area (Å²) in [6.07, 6.45) is 0. The van der Waals surface area contributed by atoms with Gasteiger partial charge in [-0.3, -0.25) is 0 Å². The molecule has 0 saturated carbocycles. The van der Waals surface area contributed by atoms with E-state index in [0.29, 0.717) is 0 Å². The summed E-state index contributed by atoms with van der Waals surface area (Å²) in [6, 6.07) is 176. The van der Waals surface area contributed by atoms with E-state index in [1.807, 2.05) is 0 Å². The lowest BCUT2D eigenvalue weighted by molar-refractivity contribution is 0.660. The summed E-state index contributed by atoms with van der Waals surface area (Å²) in [5.41, 5.74) is 34.9. The highest BCUT2D eigenvalue weighted by atomic mass is 16.3. The first-order valence-corrected chi connectivity index (χ1v) is 48.4. The van der Waals surface area contributed by atoms with Crippen LogP contribution in [0.4, 0.5) is 34.1 Å². The number of fused-ring (bicyclic) bond motifs is 27. The molecule has 0 bridgehead atoms. The molecule has 0 spiro atoms. The highest BCUT2D eigenvalue weighted by molar-refractivity contribution is 6.31. The maximum absolute atomic E-state index is 6.86. The molecule has 1 aliphatic carbocycles. The van der Waals surface area contributed by atoms with Gasteiger partial charge in [0, 0.05) is 93.8 Å². The zero-order chi connectivity index (χ0) is 93.1. The molecule has 0 N–H and O–H groups in total. The van der Waals surface area contributed by atoms with E-state index < -0.39 is 0 Å². The van der Waals surface area contributed by atoms with Crippen molar-refractivity contribution in [2.45, 2.75) is 19.3 Å². The van der Waals surface area contributed by atoms with Crippen LogP contribution >= 0.6 is 0 Å². The molecule has 29 rings (SSSR count). The van der Waals surface area contributed by atoms with Crippen LogP contribution in [0.15, 0.2) is 503 Å². The van der Waals surface area contributed by atoms with Crippen molar-refractivity contribution in [3.63, 3.8) is 0 Å². The first-order valence-electron chi connectivity index (χ1n) is 48.4. The molecular formula is C135H86N2O4. The second-order valence-corrected chi connectivity index (χ2v) is 38.0. The molecule has 28 aromatic rings. The molecule has 1 aliphatic rings. The standard InChI is InChI=1S/C70H43NO2.C65H43NO2/c1-2-12-44(13-3-1)45-22-24-46(25-23-45)47-26-34-54(35-27-47)71(55-36-28-50(29-37-55)61-42-52-16-6-10-20-59(52)67-65-57-18-8-4-14-48(57)32-40-63(65)72-69(61)67)56-38-30-51(31-39-56)62-43-53-17-7-11-21-60(53)68-66-58-19-9-5-15-49(58)33-41-64(66)73-70(62)68;1-65(2)57-38-47(40-10-4-3-5-11-40)20-30-53(57)54-31-29-50(39-58(54)65)66(48-25-16-41(17-26-48)45-23-32-59-55(36-45)63-51-14-8-6-12-43(51)21-34-61(63)67-59)49-27-18-42(19-28-49)46-24-33-60-56(37-46)64-52-15-9-7-13-44(52)22-35-62(64)68-60/h1-43H;3-39H,1-2H3. The van der Waals surface area contributed by atoms with Crippen LogP contribution in [-0.4, -0.2) is 0 Å². The van der Waals surface area contributed by atoms with Gasteiger partial charge in [-0.1, -0.05) is 360 Å². The van der Waals surface area contributed by atoms with Crippen molar-refractivity contribution in [2.24, 2.45) is 0 Å². The van der Waals surface area contributed by atoms with Crippen LogP contribution < -0.4 is 9.80 Å². The van der Waals surface area contributed by atoms with Gasteiger partial charge in [0.15, 0.2) is 0 Å². The summed E-state index contributed by atoms with van der Waals surface area (Å²) in [7, 11) is 0. The lowest BCUT2D eigenvalue weighted by Gasteiger charge is -2.28. The summed E-state index contributed by atoms with van der Waals surface area (Å²) in [6.45, 7) is 4.74. The molecule has 0 unspecified atom stereocenters. The van der Waals surface area contributed by atoms with Crippen molar-refractivity contribution in [3.8, 4) is 89.0 Å². The summed E-state index contributed by atoms with van der Waals surface area (Å²) >= 11 is 0. The molecule has 0 amide bonds. The minimum absolute atomic E-state index is 0.201. The number of anilines is 6. The van der Waals surface area contributed by atoms with Gasteiger partial charge in [-0.05, 0) is 293 Å². The van der Waals surface area contributed by atoms with E-state index in [1.165, 1.54) is 115 Å². The Morgan fingerprint density at radius 2 is 0.411 bits per heavy atom. The zero-order valence-electron chi connectivity index (χ0n) is 77.2. The maximum atomic E-state index is 6.86. The third-order valence-corrected chi connectivity index (χ3v) is 29.7. The number of hydrogen-bond donors (Lipinski definition) is 0. The van der Waals surface area contributed by atoms with E-state index in [1.54, 1.807) is 0 Å². The number of furan rings is 4. The number of rotatable bonds is 13. The van der Waals surface area contributed by atoms with Crippen LogP contribution in [0.25, 0.3) is 241 Å². The third kappa shape index (κ3) is 13.5. The van der Waals surface area contributed by atoms with Gasteiger partial charge in [-0.2, -0.15) is 0 Å². The summed E-state index contributed by atoms with van der Waals surface area (Å²) in [4.78, 5) is 4.75. The minimum Gasteiger partial charge on any atom is -0.456 e. The monoisotopic (exact) mass is 1800 g/mol. The van der Waals surface area contributed by atoms with Crippen LogP contribution in [0.2, 0.25) is 0 Å². The molecule has 0 radical (unpaired) electrons. The van der Waals surface area contributed by atoms with Crippen LogP contribution in [0, 0.1) is 0 Å². The predicted molar refractivity (Wildman–Crippen MR) is 592 cm³/mol. The predicted octanol–water partition coefficient (Wildman–Crippen LogP) is 38.8. The van der Waals surface area contributed by atoms with Gasteiger partial charge in [0.05, 0.1) is 0 Å².